The van der Waals surface area contributed by atoms with Crippen molar-refractivity contribution >= 4 is 15.7 Å². The van der Waals surface area contributed by atoms with Gasteiger partial charge in [-0.1, -0.05) is 4.47 Å². The minimum absolute atomic E-state index is 0.0284. The molecule has 0 aromatic heterocycles. The van der Waals surface area contributed by atoms with Crippen LogP contribution < -0.4 is 10.5 Å². The Morgan fingerprint density at radius 1 is 1.31 bits per heavy atom. The molecule has 0 aliphatic rings. The zero-order valence-corrected chi connectivity index (χ0v) is 10.1. The highest BCUT2D eigenvalue weighted by atomic mass is 32.2. The maximum Gasteiger partial charge on any atom is 0.268 e. The standard InChI is InChI=1S/C9H14N2O4S/c1-11(15-3)16(12,13)9-6-7(10)4-5-8(9)14-2/h4-6H,10H2,1-3H3. The van der Waals surface area contributed by atoms with Crippen molar-refractivity contribution in [1.82, 2.24) is 4.47 Å². The van der Waals surface area contributed by atoms with Gasteiger partial charge < -0.3 is 10.5 Å². The van der Waals surface area contributed by atoms with Gasteiger partial charge >= 0.3 is 0 Å². The van der Waals surface area contributed by atoms with E-state index in [1.54, 1.807) is 6.07 Å². The lowest BCUT2D eigenvalue weighted by Crippen LogP contribution is -2.26. The predicted octanol–water partition coefficient (Wildman–Crippen LogP) is 0.459. The van der Waals surface area contributed by atoms with Gasteiger partial charge in [-0.3, -0.25) is 4.84 Å². The molecule has 1 rings (SSSR count). The number of hydrogen-bond donors (Lipinski definition) is 1. The van der Waals surface area contributed by atoms with Crippen LogP contribution in [0.25, 0.3) is 0 Å². The van der Waals surface area contributed by atoms with Crippen molar-refractivity contribution in [3.8, 4) is 5.75 Å². The van der Waals surface area contributed by atoms with Gasteiger partial charge in [0.1, 0.15) is 10.6 Å². The molecule has 7 heteroatoms. The fourth-order valence-electron chi connectivity index (χ4n) is 1.13. The summed E-state index contributed by atoms with van der Waals surface area (Å²) < 4.78 is 29.6. The lowest BCUT2D eigenvalue weighted by atomic mass is 10.3. The summed E-state index contributed by atoms with van der Waals surface area (Å²) in [5.41, 5.74) is 5.88. The molecule has 0 aliphatic heterocycles. The van der Waals surface area contributed by atoms with E-state index < -0.39 is 10.0 Å². The van der Waals surface area contributed by atoms with Crippen LogP contribution in [0, 0.1) is 0 Å². The summed E-state index contributed by atoms with van der Waals surface area (Å²) in [6.45, 7) is 0. The lowest BCUT2D eigenvalue weighted by Gasteiger charge is -2.16. The largest absolute Gasteiger partial charge is 0.495 e. The Kier molecular flexibility index (Phi) is 3.74. The number of nitrogens with two attached hydrogens (primary N) is 1. The highest BCUT2D eigenvalue weighted by Gasteiger charge is 2.25. The molecule has 0 atom stereocenters. The van der Waals surface area contributed by atoms with Gasteiger partial charge in [-0.25, -0.2) is 8.42 Å². The van der Waals surface area contributed by atoms with Gasteiger partial charge in [0.05, 0.1) is 14.2 Å². The van der Waals surface area contributed by atoms with Gasteiger partial charge in [0.2, 0.25) is 0 Å². The molecule has 0 unspecified atom stereocenters. The van der Waals surface area contributed by atoms with E-state index in [1.165, 1.54) is 33.4 Å². The summed E-state index contributed by atoms with van der Waals surface area (Å²) in [6, 6.07) is 4.38. The second kappa shape index (κ2) is 4.69. The normalized spacial score (nSPS) is 11.8. The van der Waals surface area contributed by atoms with E-state index in [2.05, 4.69) is 4.84 Å². The molecular weight excluding hydrogens is 232 g/mol. The average molecular weight is 246 g/mol. The third kappa shape index (κ3) is 2.26. The molecule has 0 heterocycles. The van der Waals surface area contributed by atoms with E-state index in [4.69, 9.17) is 10.5 Å². The number of rotatable bonds is 4. The molecule has 1 aromatic rings. The van der Waals surface area contributed by atoms with Gasteiger partial charge in [0.25, 0.3) is 10.0 Å². The first-order valence-corrected chi connectivity index (χ1v) is 5.84. The molecular formula is C9H14N2O4S. The van der Waals surface area contributed by atoms with Crippen molar-refractivity contribution in [2.24, 2.45) is 0 Å². The molecule has 1 aromatic carbocycles. The van der Waals surface area contributed by atoms with Crippen LogP contribution in [0.1, 0.15) is 0 Å². The van der Waals surface area contributed by atoms with Crippen LogP contribution in [-0.4, -0.2) is 34.2 Å². The van der Waals surface area contributed by atoms with Gasteiger partial charge in [-0.2, -0.15) is 0 Å². The smallest absolute Gasteiger partial charge is 0.268 e. The maximum atomic E-state index is 12.0. The Labute approximate surface area is 94.6 Å². The van der Waals surface area contributed by atoms with E-state index in [-0.39, 0.29) is 10.6 Å². The monoisotopic (exact) mass is 246 g/mol. The van der Waals surface area contributed by atoms with Crippen molar-refractivity contribution in [1.29, 1.82) is 0 Å². The van der Waals surface area contributed by atoms with Crippen LogP contribution >= 0.6 is 0 Å². The number of hydrogen-bond acceptors (Lipinski definition) is 5. The van der Waals surface area contributed by atoms with Crippen molar-refractivity contribution in [3.63, 3.8) is 0 Å². The zero-order valence-electron chi connectivity index (χ0n) is 9.30. The minimum atomic E-state index is -3.75. The van der Waals surface area contributed by atoms with Crippen LogP contribution in [0.4, 0.5) is 5.69 Å². The fourth-order valence-corrected chi connectivity index (χ4v) is 2.30. The second-order valence-corrected chi connectivity index (χ2v) is 4.91. The number of hydroxylamine groups is 1. The molecule has 0 saturated heterocycles. The van der Waals surface area contributed by atoms with E-state index in [0.29, 0.717) is 5.69 Å². The van der Waals surface area contributed by atoms with E-state index >= 15 is 0 Å². The molecule has 6 nitrogen and oxygen atoms in total. The predicted molar refractivity (Wildman–Crippen MR) is 59.4 cm³/mol. The first kappa shape index (κ1) is 12.8. The Balaban J connectivity index is 3.37. The molecule has 0 saturated carbocycles. The van der Waals surface area contributed by atoms with Gasteiger partial charge in [0.15, 0.2) is 0 Å². The molecule has 16 heavy (non-hydrogen) atoms. The van der Waals surface area contributed by atoms with Crippen LogP contribution in [0.2, 0.25) is 0 Å². The molecule has 0 bridgehead atoms. The van der Waals surface area contributed by atoms with Crippen molar-refractivity contribution in [3.05, 3.63) is 18.2 Å². The molecule has 0 spiro atoms. The Morgan fingerprint density at radius 3 is 2.44 bits per heavy atom. The lowest BCUT2D eigenvalue weighted by molar-refractivity contribution is -0.0259. The SMILES string of the molecule is COc1ccc(N)cc1S(=O)(=O)N(C)OC. The number of nitrogen functional groups attached to an aromatic ring is 1. The summed E-state index contributed by atoms with van der Waals surface area (Å²) in [5, 5.41) is 0. The summed E-state index contributed by atoms with van der Waals surface area (Å²) in [4.78, 5) is 4.63. The molecule has 0 aliphatic carbocycles. The zero-order chi connectivity index (χ0) is 12.3. The Bertz CT molecular complexity index is 472. The third-order valence-corrected chi connectivity index (χ3v) is 3.76. The summed E-state index contributed by atoms with van der Waals surface area (Å²) in [7, 11) is 0.188. The van der Waals surface area contributed by atoms with Crippen LogP contribution in [0.3, 0.4) is 0 Å². The molecule has 0 radical (unpaired) electrons. The molecule has 2 N–H and O–H groups in total. The van der Waals surface area contributed by atoms with E-state index in [0.717, 1.165) is 4.47 Å². The quantitative estimate of drug-likeness (QED) is 0.616. The highest BCUT2D eigenvalue weighted by Crippen LogP contribution is 2.27. The van der Waals surface area contributed by atoms with Gasteiger partial charge in [-0.15, -0.1) is 0 Å². The molecule has 0 amide bonds. The summed E-state index contributed by atoms with van der Waals surface area (Å²) in [6.07, 6.45) is 0. The number of sulfonamides is 1. The fraction of sp³-hybridized carbons (Fsp3) is 0.333. The maximum absolute atomic E-state index is 12.0. The van der Waals surface area contributed by atoms with Crippen molar-refractivity contribution < 1.29 is 18.0 Å². The second-order valence-electron chi connectivity index (χ2n) is 3.01. The summed E-state index contributed by atoms with van der Waals surface area (Å²) >= 11 is 0. The number of anilines is 1. The van der Waals surface area contributed by atoms with E-state index in [1.807, 2.05) is 0 Å². The minimum Gasteiger partial charge on any atom is -0.495 e. The van der Waals surface area contributed by atoms with Crippen LogP contribution in [0.15, 0.2) is 23.1 Å². The summed E-state index contributed by atoms with van der Waals surface area (Å²) in [5.74, 6) is 0.220. The number of methoxy groups -OCH3 is 1. The first-order chi connectivity index (χ1) is 7.43. The topological polar surface area (TPSA) is 81.9 Å². The third-order valence-electron chi connectivity index (χ3n) is 2.06. The van der Waals surface area contributed by atoms with Gasteiger partial charge in [-0.05, 0) is 18.2 Å². The number of ether oxygens (including phenoxy) is 1. The molecule has 0 fully saturated rings. The highest BCUT2D eigenvalue weighted by molar-refractivity contribution is 7.89. The van der Waals surface area contributed by atoms with Crippen LogP contribution in [-0.2, 0) is 14.9 Å². The average Bonchev–Trinajstić information content (AvgIpc) is 2.27. The molecule has 90 valence electrons. The van der Waals surface area contributed by atoms with Crippen LogP contribution in [0.5, 0.6) is 5.75 Å². The Morgan fingerprint density at radius 2 is 1.94 bits per heavy atom. The number of nitrogens with zero attached hydrogens (tertiary/aromatic N) is 1. The van der Waals surface area contributed by atoms with E-state index in [9.17, 15) is 8.42 Å². The Hall–Kier alpha value is -1.31. The number of benzene rings is 1. The van der Waals surface area contributed by atoms with Crippen molar-refractivity contribution in [2.75, 3.05) is 27.0 Å². The van der Waals surface area contributed by atoms with Crippen molar-refractivity contribution in [2.45, 2.75) is 4.90 Å². The first-order valence-electron chi connectivity index (χ1n) is 4.40. The van der Waals surface area contributed by atoms with Gasteiger partial charge in [0, 0.05) is 12.7 Å².